The van der Waals surface area contributed by atoms with Crippen molar-refractivity contribution in [1.29, 1.82) is 0 Å². The van der Waals surface area contributed by atoms with Crippen LogP contribution in [0, 0.1) is 6.92 Å². The van der Waals surface area contributed by atoms with E-state index in [9.17, 15) is 9.59 Å². The monoisotopic (exact) mass is 439 g/mol. The molecule has 152 valence electrons. The van der Waals surface area contributed by atoms with Crippen LogP contribution in [0.3, 0.4) is 0 Å². The summed E-state index contributed by atoms with van der Waals surface area (Å²) in [4.78, 5) is 33.5. The number of aromatic amines is 1. The first-order chi connectivity index (χ1) is 14.5. The van der Waals surface area contributed by atoms with E-state index in [4.69, 9.17) is 16.3 Å². The minimum atomic E-state index is -0.254. The molecule has 2 aromatic heterocycles. The van der Waals surface area contributed by atoms with E-state index in [1.165, 1.54) is 16.3 Å². The van der Waals surface area contributed by atoms with E-state index < -0.39 is 0 Å². The van der Waals surface area contributed by atoms with Gasteiger partial charge in [-0.3, -0.25) is 14.2 Å². The number of aromatic nitrogens is 3. The normalized spacial score (nSPS) is 11.0. The van der Waals surface area contributed by atoms with Crippen LogP contribution in [-0.4, -0.2) is 33.2 Å². The van der Waals surface area contributed by atoms with Crippen LogP contribution in [0.2, 0.25) is 5.02 Å². The Morgan fingerprint density at radius 3 is 2.80 bits per heavy atom. The summed E-state index contributed by atoms with van der Waals surface area (Å²) < 4.78 is 6.99. The van der Waals surface area contributed by atoms with Gasteiger partial charge in [0.25, 0.3) is 5.56 Å². The largest absolute Gasteiger partial charge is 0.495 e. The number of hydrogen-bond acceptors (Lipinski definition) is 5. The van der Waals surface area contributed by atoms with Crippen molar-refractivity contribution >= 4 is 40.0 Å². The second kappa shape index (κ2) is 8.38. The van der Waals surface area contributed by atoms with Gasteiger partial charge in [-0.05, 0) is 55.0 Å². The summed E-state index contributed by atoms with van der Waals surface area (Å²) in [6.45, 7) is 1.93. The molecule has 8 heteroatoms. The van der Waals surface area contributed by atoms with Gasteiger partial charge in [-0.2, -0.15) is 0 Å². The Morgan fingerprint density at radius 1 is 1.23 bits per heavy atom. The number of H-pyrrole nitrogens is 1. The highest BCUT2D eigenvalue weighted by molar-refractivity contribution is 7.99. The van der Waals surface area contributed by atoms with E-state index in [2.05, 4.69) is 9.97 Å². The van der Waals surface area contributed by atoms with E-state index >= 15 is 0 Å². The molecule has 0 saturated carbocycles. The number of carbonyl (C=O) groups is 1. The molecule has 30 heavy (non-hydrogen) atoms. The number of carbonyl (C=O) groups excluding carboxylic acids is 1. The molecule has 0 radical (unpaired) electrons. The molecule has 0 atom stereocenters. The van der Waals surface area contributed by atoms with Gasteiger partial charge in [0.05, 0.1) is 35.1 Å². The van der Waals surface area contributed by atoms with Crippen LogP contribution in [0.4, 0.5) is 0 Å². The van der Waals surface area contributed by atoms with Gasteiger partial charge in [0, 0.05) is 11.2 Å². The summed E-state index contributed by atoms with van der Waals surface area (Å²) in [6.07, 6.45) is 1.70. The number of hydrogen-bond donors (Lipinski definition) is 1. The molecule has 0 amide bonds. The number of nitrogens with zero attached hydrogens (tertiary/aromatic N) is 2. The highest BCUT2D eigenvalue weighted by atomic mass is 35.5. The third-order valence-electron chi connectivity index (χ3n) is 4.61. The van der Waals surface area contributed by atoms with Crippen molar-refractivity contribution in [2.75, 3.05) is 12.9 Å². The van der Waals surface area contributed by atoms with Crippen LogP contribution in [0.25, 0.3) is 16.6 Å². The molecule has 0 aliphatic carbocycles. The molecule has 4 aromatic rings. The number of ether oxygens (including phenoxy) is 1. The van der Waals surface area contributed by atoms with Crippen molar-refractivity contribution < 1.29 is 9.53 Å². The van der Waals surface area contributed by atoms with Gasteiger partial charge >= 0.3 is 0 Å². The van der Waals surface area contributed by atoms with Gasteiger partial charge in [-0.25, -0.2) is 4.98 Å². The standard InChI is InChI=1S/C22H18ClN3O3S/c1-13-5-8-20(29-2)18(10-13)26-21(28)15-7-6-14(23)11-17(15)25-22(26)30-12-19(27)16-4-3-9-24-16/h3-11,24H,12H2,1-2H3. The highest BCUT2D eigenvalue weighted by Gasteiger charge is 2.18. The van der Waals surface area contributed by atoms with Crippen molar-refractivity contribution in [3.8, 4) is 11.4 Å². The van der Waals surface area contributed by atoms with Crippen LogP contribution in [0.1, 0.15) is 16.1 Å². The molecule has 6 nitrogen and oxygen atoms in total. The molecule has 0 bridgehead atoms. The summed E-state index contributed by atoms with van der Waals surface area (Å²) in [6, 6.07) is 14.0. The molecular weight excluding hydrogens is 422 g/mol. The fraction of sp³-hybridized carbons (Fsp3) is 0.136. The lowest BCUT2D eigenvalue weighted by atomic mass is 10.2. The molecule has 2 aromatic carbocycles. The first-order valence-corrected chi connectivity index (χ1v) is 10.5. The van der Waals surface area contributed by atoms with E-state index in [1.807, 2.05) is 25.1 Å². The van der Waals surface area contributed by atoms with E-state index in [-0.39, 0.29) is 17.1 Å². The average molecular weight is 440 g/mol. The number of fused-ring (bicyclic) bond motifs is 1. The minimum Gasteiger partial charge on any atom is -0.495 e. The molecule has 1 N–H and O–H groups in total. The van der Waals surface area contributed by atoms with Crippen LogP contribution in [0.5, 0.6) is 5.75 Å². The summed E-state index contributed by atoms with van der Waals surface area (Å²) in [7, 11) is 1.55. The van der Waals surface area contributed by atoms with E-state index in [1.54, 1.807) is 43.6 Å². The number of thioether (sulfide) groups is 1. The Morgan fingerprint density at radius 2 is 2.07 bits per heavy atom. The Labute approximate surface area is 181 Å². The number of aryl methyl sites for hydroxylation is 1. The molecule has 2 heterocycles. The molecule has 0 unspecified atom stereocenters. The zero-order valence-corrected chi connectivity index (χ0v) is 17.9. The second-order valence-electron chi connectivity index (χ2n) is 6.67. The number of rotatable bonds is 6. The fourth-order valence-electron chi connectivity index (χ4n) is 3.13. The maximum absolute atomic E-state index is 13.4. The zero-order valence-electron chi connectivity index (χ0n) is 16.3. The maximum Gasteiger partial charge on any atom is 0.266 e. The SMILES string of the molecule is COc1ccc(C)cc1-n1c(SCC(=O)c2ccc[nH]2)nc2cc(Cl)ccc2c1=O. The van der Waals surface area contributed by atoms with Crippen molar-refractivity contribution in [1.82, 2.24) is 14.5 Å². The molecule has 0 aliphatic heterocycles. The molecule has 0 saturated heterocycles. The zero-order chi connectivity index (χ0) is 21.3. The minimum absolute atomic E-state index is 0.0896. The Balaban J connectivity index is 1.89. The van der Waals surface area contributed by atoms with Gasteiger partial charge in [0.15, 0.2) is 10.9 Å². The van der Waals surface area contributed by atoms with Crippen molar-refractivity contribution in [3.05, 3.63) is 81.4 Å². The smallest absolute Gasteiger partial charge is 0.266 e. The number of methoxy groups -OCH3 is 1. The summed E-state index contributed by atoms with van der Waals surface area (Å²) in [5.74, 6) is 0.566. The number of halogens is 1. The quantitative estimate of drug-likeness (QED) is 0.268. The van der Waals surface area contributed by atoms with Gasteiger partial charge in [-0.15, -0.1) is 0 Å². The Kier molecular flexibility index (Phi) is 5.65. The number of benzene rings is 2. The van der Waals surface area contributed by atoms with Crippen molar-refractivity contribution in [3.63, 3.8) is 0 Å². The third kappa shape index (κ3) is 3.86. The van der Waals surface area contributed by atoms with Gasteiger partial charge < -0.3 is 9.72 Å². The number of ketones is 1. The second-order valence-corrected chi connectivity index (χ2v) is 8.05. The average Bonchev–Trinajstić information content (AvgIpc) is 3.27. The predicted molar refractivity (Wildman–Crippen MR) is 119 cm³/mol. The molecule has 4 rings (SSSR count). The van der Waals surface area contributed by atoms with Crippen LogP contribution in [-0.2, 0) is 0 Å². The van der Waals surface area contributed by atoms with Gasteiger partial charge in [0.1, 0.15) is 5.75 Å². The summed E-state index contributed by atoms with van der Waals surface area (Å²) >= 11 is 7.30. The van der Waals surface area contributed by atoms with Gasteiger partial charge in [0.2, 0.25) is 0 Å². The van der Waals surface area contributed by atoms with Gasteiger partial charge in [-0.1, -0.05) is 29.4 Å². The van der Waals surface area contributed by atoms with Crippen molar-refractivity contribution in [2.24, 2.45) is 0 Å². The molecule has 0 spiro atoms. The van der Waals surface area contributed by atoms with Crippen LogP contribution >= 0.6 is 23.4 Å². The summed E-state index contributed by atoms with van der Waals surface area (Å²) in [5.41, 5.74) is 2.27. The third-order valence-corrected chi connectivity index (χ3v) is 5.78. The lowest BCUT2D eigenvalue weighted by molar-refractivity contribution is 0.101. The lowest BCUT2D eigenvalue weighted by Crippen LogP contribution is -2.23. The predicted octanol–water partition coefficient (Wildman–Crippen LogP) is 4.66. The van der Waals surface area contributed by atoms with E-state index in [0.717, 1.165) is 5.56 Å². The van der Waals surface area contributed by atoms with Crippen molar-refractivity contribution in [2.45, 2.75) is 12.1 Å². The van der Waals surface area contributed by atoms with Crippen LogP contribution in [0.15, 0.2) is 64.7 Å². The number of Topliss-reactive ketones (excluding diaryl/α,β-unsaturated/α-hetero) is 1. The molecular formula is C22H18ClN3O3S. The van der Waals surface area contributed by atoms with Crippen LogP contribution < -0.4 is 10.3 Å². The topological polar surface area (TPSA) is 77.0 Å². The number of nitrogens with one attached hydrogen (secondary N) is 1. The maximum atomic E-state index is 13.4. The Hall–Kier alpha value is -3.03. The first-order valence-electron chi connectivity index (χ1n) is 9.14. The van der Waals surface area contributed by atoms with E-state index in [0.29, 0.717) is 38.2 Å². The molecule has 0 fully saturated rings. The Bertz CT molecular complexity index is 1300. The molecule has 0 aliphatic rings. The fourth-order valence-corrected chi connectivity index (χ4v) is 4.19. The lowest BCUT2D eigenvalue weighted by Gasteiger charge is -2.16. The highest BCUT2D eigenvalue weighted by Crippen LogP contribution is 2.29. The summed E-state index contributed by atoms with van der Waals surface area (Å²) in [5, 5.41) is 1.31. The first kappa shape index (κ1) is 20.3.